The summed E-state index contributed by atoms with van der Waals surface area (Å²) in [5.74, 6) is 0.0177. The molecular weight excluding hydrogens is 204 g/mol. The van der Waals surface area contributed by atoms with Gasteiger partial charge in [0.1, 0.15) is 0 Å². The van der Waals surface area contributed by atoms with E-state index < -0.39 is 0 Å². The highest BCUT2D eigenvalue weighted by molar-refractivity contribution is 5.77. The van der Waals surface area contributed by atoms with Gasteiger partial charge in [-0.3, -0.25) is 9.48 Å². The molecule has 0 saturated heterocycles. The minimum absolute atomic E-state index is 0.0177. The van der Waals surface area contributed by atoms with Crippen molar-refractivity contribution in [3.63, 3.8) is 0 Å². The fourth-order valence-corrected chi connectivity index (χ4v) is 1.24. The van der Waals surface area contributed by atoms with Crippen molar-refractivity contribution >= 4 is 5.91 Å². The minimum atomic E-state index is 0.0177. The second-order valence-electron chi connectivity index (χ2n) is 3.99. The van der Waals surface area contributed by atoms with Crippen LogP contribution in [0.3, 0.4) is 0 Å². The van der Waals surface area contributed by atoms with Crippen LogP contribution in [-0.2, 0) is 18.4 Å². The summed E-state index contributed by atoms with van der Waals surface area (Å²) in [7, 11) is 1.86. The van der Waals surface area contributed by atoms with Gasteiger partial charge in [-0.15, -0.1) is 0 Å². The highest BCUT2D eigenvalue weighted by Gasteiger charge is 2.04. The Balaban J connectivity index is 2.20. The van der Waals surface area contributed by atoms with Crippen molar-refractivity contribution in [2.24, 2.45) is 7.05 Å². The predicted octanol–water partition coefficient (Wildman–Crippen LogP) is 0.424. The van der Waals surface area contributed by atoms with Crippen LogP contribution in [0.2, 0.25) is 0 Å². The first-order chi connectivity index (χ1) is 7.61. The van der Waals surface area contributed by atoms with Gasteiger partial charge in [-0.1, -0.05) is 6.92 Å². The first kappa shape index (κ1) is 12.7. The SMILES string of the molecule is CCC(C)NCC(=O)NCc1cnn(C)c1. The Morgan fingerprint density at radius 2 is 2.38 bits per heavy atom. The van der Waals surface area contributed by atoms with E-state index in [1.807, 2.05) is 13.2 Å². The summed E-state index contributed by atoms with van der Waals surface area (Å²) in [6, 6.07) is 0.379. The van der Waals surface area contributed by atoms with Gasteiger partial charge < -0.3 is 10.6 Å². The Labute approximate surface area is 96.2 Å². The number of aryl methyl sites for hydroxylation is 1. The highest BCUT2D eigenvalue weighted by Crippen LogP contribution is 1.94. The van der Waals surface area contributed by atoms with Crippen molar-refractivity contribution in [2.45, 2.75) is 32.9 Å². The summed E-state index contributed by atoms with van der Waals surface area (Å²) in [6.07, 6.45) is 4.67. The number of aromatic nitrogens is 2. The zero-order chi connectivity index (χ0) is 12.0. The van der Waals surface area contributed by atoms with Crippen LogP contribution in [0.15, 0.2) is 12.4 Å². The third-order valence-corrected chi connectivity index (χ3v) is 2.47. The topological polar surface area (TPSA) is 59.0 Å². The van der Waals surface area contributed by atoms with Gasteiger partial charge >= 0.3 is 0 Å². The number of amides is 1. The van der Waals surface area contributed by atoms with E-state index >= 15 is 0 Å². The Morgan fingerprint density at radius 1 is 1.62 bits per heavy atom. The quantitative estimate of drug-likeness (QED) is 0.736. The number of rotatable bonds is 6. The summed E-state index contributed by atoms with van der Waals surface area (Å²) >= 11 is 0. The maximum Gasteiger partial charge on any atom is 0.234 e. The molecule has 2 N–H and O–H groups in total. The molecule has 1 atom stereocenters. The molecule has 16 heavy (non-hydrogen) atoms. The molecule has 0 spiro atoms. The summed E-state index contributed by atoms with van der Waals surface area (Å²) in [5, 5.41) is 10.0. The number of nitrogens with one attached hydrogen (secondary N) is 2. The van der Waals surface area contributed by atoms with Crippen LogP contribution in [0.25, 0.3) is 0 Å². The van der Waals surface area contributed by atoms with Crippen LogP contribution < -0.4 is 10.6 Å². The van der Waals surface area contributed by atoms with Crippen molar-refractivity contribution in [3.05, 3.63) is 18.0 Å². The van der Waals surface area contributed by atoms with Crippen LogP contribution in [0.1, 0.15) is 25.8 Å². The van der Waals surface area contributed by atoms with Crippen molar-refractivity contribution in [3.8, 4) is 0 Å². The molecule has 5 heteroatoms. The van der Waals surface area contributed by atoms with Crippen LogP contribution in [0, 0.1) is 0 Å². The van der Waals surface area contributed by atoms with Crippen molar-refractivity contribution < 1.29 is 4.79 Å². The highest BCUT2D eigenvalue weighted by atomic mass is 16.1. The van der Waals surface area contributed by atoms with E-state index in [4.69, 9.17) is 0 Å². The second kappa shape index (κ2) is 6.27. The largest absolute Gasteiger partial charge is 0.351 e. The van der Waals surface area contributed by atoms with Gasteiger partial charge in [-0.2, -0.15) is 5.10 Å². The Hall–Kier alpha value is -1.36. The summed E-state index contributed by atoms with van der Waals surface area (Å²) in [5.41, 5.74) is 1.01. The lowest BCUT2D eigenvalue weighted by Crippen LogP contribution is -2.37. The molecule has 1 aromatic heterocycles. The van der Waals surface area contributed by atoms with Gasteiger partial charge in [0.25, 0.3) is 0 Å². The molecule has 1 heterocycles. The number of nitrogens with zero attached hydrogens (tertiary/aromatic N) is 2. The number of hydrogen-bond donors (Lipinski definition) is 2. The smallest absolute Gasteiger partial charge is 0.234 e. The number of carbonyl (C=O) groups is 1. The zero-order valence-corrected chi connectivity index (χ0v) is 10.2. The third kappa shape index (κ3) is 4.44. The molecule has 0 aliphatic heterocycles. The fourth-order valence-electron chi connectivity index (χ4n) is 1.24. The van der Waals surface area contributed by atoms with Gasteiger partial charge in [-0.05, 0) is 13.3 Å². The first-order valence-electron chi connectivity index (χ1n) is 5.59. The number of hydrogen-bond acceptors (Lipinski definition) is 3. The molecule has 0 aliphatic rings. The minimum Gasteiger partial charge on any atom is -0.351 e. The van der Waals surface area contributed by atoms with Crippen LogP contribution in [0.4, 0.5) is 0 Å². The normalized spacial score (nSPS) is 12.4. The Morgan fingerprint density at radius 3 is 2.94 bits per heavy atom. The summed E-state index contributed by atoms with van der Waals surface area (Å²) < 4.78 is 1.72. The average Bonchev–Trinajstić information content (AvgIpc) is 2.69. The third-order valence-electron chi connectivity index (χ3n) is 2.47. The van der Waals surface area contributed by atoms with Gasteiger partial charge in [0.2, 0.25) is 5.91 Å². The maximum absolute atomic E-state index is 11.4. The van der Waals surface area contributed by atoms with E-state index in [0.29, 0.717) is 19.1 Å². The molecule has 1 unspecified atom stereocenters. The maximum atomic E-state index is 11.4. The molecule has 0 aliphatic carbocycles. The molecule has 1 amide bonds. The molecule has 0 fully saturated rings. The van der Waals surface area contributed by atoms with E-state index in [1.165, 1.54) is 0 Å². The van der Waals surface area contributed by atoms with Crippen molar-refractivity contribution in [1.82, 2.24) is 20.4 Å². The zero-order valence-electron chi connectivity index (χ0n) is 10.2. The molecule has 1 aromatic rings. The lowest BCUT2D eigenvalue weighted by atomic mass is 10.2. The fraction of sp³-hybridized carbons (Fsp3) is 0.636. The van der Waals surface area contributed by atoms with Gasteiger partial charge in [0.05, 0.1) is 12.7 Å². The molecule has 0 radical (unpaired) electrons. The molecule has 1 rings (SSSR count). The second-order valence-corrected chi connectivity index (χ2v) is 3.99. The predicted molar refractivity (Wildman–Crippen MR) is 62.8 cm³/mol. The van der Waals surface area contributed by atoms with E-state index in [0.717, 1.165) is 12.0 Å². The molecule has 90 valence electrons. The van der Waals surface area contributed by atoms with Gasteiger partial charge in [-0.25, -0.2) is 0 Å². The van der Waals surface area contributed by atoms with E-state index in [2.05, 4.69) is 29.6 Å². The van der Waals surface area contributed by atoms with E-state index in [-0.39, 0.29) is 5.91 Å². The Bertz CT molecular complexity index is 334. The van der Waals surface area contributed by atoms with Crippen LogP contribution >= 0.6 is 0 Å². The molecule has 0 bridgehead atoms. The van der Waals surface area contributed by atoms with Crippen LogP contribution in [0.5, 0.6) is 0 Å². The monoisotopic (exact) mass is 224 g/mol. The number of carbonyl (C=O) groups excluding carboxylic acids is 1. The molecule has 0 saturated carbocycles. The van der Waals surface area contributed by atoms with Crippen molar-refractivity contribution in [1.29, 1.82) is 0 Å². The van der Waals surface area contributed by atoms with Gasteiger partial charge in [0, 0.05) is 31.4 Å². The summed E-state index contributed by atoms with van der Waals surface area (Å²) in [4.78, 5) is 11.4. The Kier molecular flexibility index (Phi) is 4.98. The summed E-state index contributed by atoms with van der Waals surface area (Å²) in [6.45, 7) is 5.06. The average molecular weight is 224 g/mol. The first-order valence-corrected chi connectivity index (χ1v) is 5.59. The lowest BCUT2D eigenvalue weighted by Gasteiger charge is -2.10. The van der Waals surface area contributed by atoms with E-state index in [9.17, 15) is 4.79 Å². The lowest BCUT2D eigenvalue weighted by molar-refractivity contribution is -0.120. The van der Waals surface area contributed by atoms with Crippen molar-refractivity contribution in [2.75, 3.05) is 6.54 Å². The molecule has 5 nitrogen and oxygen atoms in total. The van der Waals surface area contributed by atoms with E-state index in [1.54, 1.807) is 10.9 Å². The van der Waals surface area contributed by atoms with Crippen LogP contribution in [-0.4, -0.2) is 28.3 Å². The standard InChI is InChI=1S/C11H20N4O/c1-4-9(2)12-7-11(16)13-5-10-6-14-15(3)8-10/h6,8-9,12H,4-5,7H2,1-3H3,(H,13,16). The molecule has 0 aromatic carbocycles. The van der Waals surface area contributed by atoms with Gasteiger partial charge in [0.15, 0.2) is 0 Å². The molecular formula is C11H20N4O.